The topological polar surface area (TPSA) is 20.3 Å². The number of thiocarbonyl (C=S) groups is 1. The molecule has 18 heavy (non-hydrogen) atoms. The molecule has 0 atom stereocenters. The van der Waals surface area contributed by atoms with E-state index in [1.807, 2.05) is 12.1 Å². The fraction of sp³-hybridized carbons (Fsp3) is 0.143. The normalized spacial score (nSPS) is 15.7. The van der Waals surface area contributed by atoms with Crippen molar-refractivity contribution in [2.75, 3.05) is 5.75 Å². The van der Waals surface area contributed by atoms with Gasteiger partial charge >= 0.3 is 0 Å². The molecule has 1 heterocycles. The van der Waals surface area contributed by atoms with Gasteiger partial charge in [-0.1, -0.05) is 60.4 Å². The van der Waals surface area contributed by atoms with E-state index in [-0.39, 0.29) is 5.91 Å². The van der Waals surface area contributed by atoms with Crippen LogP contribution in [0.2, 0.25) is 0 Å². The molecule has 90 valence electrons. The van der Waals surface area contributed by atoms with E-state index in [4.69, 9.17) is 12.2 Å². The fourth-order valence-corrected chi connectivity index (χ4v) is 3.12. The number of nitrogens with zero attached hydrogens (tertiary/aromatic N) is 1. The largest absolute Gasteiger partial charge is 0.293 e. The zero-order valence-corrected chi connectivity index (χ0v) is 11.3. The predicted molar refractivity (Wildman–Crippen MR) is 79.6 cm³/mol. The number of benzene rings is 2. The number of fused-ring (bicyclic) bond motifs is 1. The van der Waals surface area contributed by atoms with Crippen LogP contribution in [0.1, 0.15) is 5.56 Å². The maximum atomic E-state index is 11.7. The van der Waals surface area contributed by atoms with Crippen LogP contribution in [0.4, 0.5) is 0 Å². The van der Waals surface area contributed by atoms with Crippen LogP contribution < -0.4 is 0 Å². The number of rotatable bonds is 2. The molecule has 0 spiro atoms. The molecule has 1 aliphatic heterocycles. The molecule has 0 unspecified atom stereocenters. The highest BCUT2D eigenvalue weighted by Gasteiger charge is 2.26. The van der Waals surface area contributed by atoms with Gasteiger partial charge in [0.2, 0.25) is 5.91 Å². The Labute approximate surface area is 115 Å². The van der Waals surface area contributed by atoms with Crippen molar-refractivity contribution in [3.8, 4) is 0 Å². The number of hydrogen-bond acceptors (Lipinski definition) is 3. The van der Waals surface area contributed by atoms with E-state index in [1.54, 1.807) is 4.90 Å². The molecule has 1 saturated heterocycles. The van der Waals surface area contributed by atoms with Crippen LogP contribution in [-0.4, -0.2) is 20.9 Å². The zero-order chi connectivity index (χ0) is 12.5. The molecule has 2 aromatic carbocycles. The van der Waals surface area contributed by atoms with Crippen molar-refractivity contribution < 1.29 is 4.79 Å². The van der Waals surface area contributed by atoms with E-state index in [1.165, 1.54) is 22.5 Å². The first kappa shape index (κ1) is 11.7. The predicted octanol–water partition coefficient (Wildman–Crippen LogP) is 3.20. The molecular formula is C14H11NOS2. The first-order valence-corrected chi connectivity index (χ1v) is 7.08. The Morgan fingerprint density at radius 2 is 1.94 bits per heavy atom. The minimum atomic E-state index is 0.109. The quantitative estimate of drug-likeness (QED) is 0.784. The summed E-state index contributed by atoms with van der Waals surface area (Å²) in [5.41, 5.74) is 1.12. The summed E-state index contributed by atoms with van der Waals surface area (Å²) >= 11 is 6.62. The summed E-state index contributed by atoms with van der Waals surface area (Å²) in [6, 6.07) is 14.5. The lowest BCUT2D eigenvalue weighted by Gasteiger charge is -2.15. The molecule has 4 heteroatoms. The number of carbonyl (C=O) groups excluding carboxylic acids is 1. The number of amides is 1. The number of hydrogen-bond donors (Lipinski definition) is 0. The Kier molecular flexibility index (Phi) is 3.06. The second-order valence-electron chi connectivity index (χ2n) is 4.22. The summed E-state index contributed by atoms with van der Waals surface area (Å²) in [7, 11) is 0. The molecule has 2 nitrogen and oxygen atoms in total. The minimum Gasteiger partial charge on any atom is -0.293 e. The van der Waals surface area contributed by atoms with Crippen molar-refractivity contribution in [3.63, 3.8) is 0 Å². The Balaban J connectivity index is 1.91. The third-order valence-electron chi connectivity index (χ3n) is 3.00. The lowest BCUT2D eigenvalue weighted by atomic mass is 10.1. The van der Waals surface area contributed by atoms with Gasteiger partial charge in [0, 0.05) is 0 Å². The van der Waals surface area contributed by atoms with Crippen molar-refractivity contribution in [3.05, 3.63) is 48.0 Å². The molecule has 0 radical (unpaired) electrons. The maximum Gasteiger partial charge on any atom is 0.238 e. The Morgan fingerprint density at radius 1 is 1.17 bits per heavy atom. The molecule has 0 aromatic heterocycles. The van der Waals surface area contributed by atoms with Crippen molar-refractivity contribution in [2.24, 2.45) is 0 Å². The standard InChI is InChI=1S/C14H11NOS2/c16-13-9-18-14(17)15(13)8-10-5-6-11-3-1-2-4-12(11)7-10/h1-7H,8-9H2. The SMILES string of the molecule is O=C1CSC(=S)N1Cc1ccc2ccccc2c1. The monoisotopic (exact) mass is 273 g/mol. The van der Waals surface area contributed by atoms with E-state index in [2.05, 4.69) is 30.3 Å². The summed E-state index contributed by atoms with van der Waals surface area (Å²) in [4.78, 5) is 13.4. The van der Waals surface area contributed by atoms with Crippen molar-refractivity contribution in [1.82, 2.24) is 4.90 Å². The van der Waals surface area contributed by atoms with Crippen molar-refractivity contribution in [2.45, 2.75) is 6.54 Å². The van der Waals surface area contributed by atoms with Crippen molar-refractivity contribution in [1.29, 1.82) is 0 Å². The first-order valence-electron chi connectivity index (χ1n) is 5.69. The summed E-state index contributed by atoms with van der Waals surface area (Å²) < 4.78 is 0.688. The Morgan fingerprint density at radius 3 is 2.67 bits per heavy atom. The maximum absolute atomic E-state index is 11.7. The van der Waals surface area contributed by atoms with E-state index in [0.717, 1.165) is 5.56 Å². The fourth-order valence-electron chi connectivity index (χ4n) is 2.05. The van der Waals surface area contributed by atoms with Gasteiger partial charge in [-0.3, -0.25) is 9.69 Å². The summed E-state index contributed by atoms with van der Waals surface area (Å²) in [6.07, 6.45) is 0. The highest BCUT2D eigenvalue weighted by atomic mass is 32.2. The van der Waals surface area contributed by atoms with Crippen LogP contribution in [0, 0.1) is 0 Å². The van der Waals surface area contributed by atoms with Gasteiger partial charge in [0.05, 0.1) is 12.3 Å². The summed E-state index contributed by atoms with van der Waals surface area (Å²) in [5, 5.41) is 2.41. The highest BCUT2D eigenvalue weighted by Crippen LogP contribution is 2.23. The summed E-state index contributed by atoms with van der Waals surface area (Å²) in [6.45, 7) is 0.579. The van der Waals surface area contributed by atoms with E-state index in [0.29, 0.717) is 16.6 Å². The molecule has 1 amide bonds. The molecule has 1 fully saturated rings. The molecule has 1 aliphatic rings. The third kappa shape index (κ3) is 2.13. The smallest absolute Gasteiger partial charge is 0.238 e. The Bertz CT molecular complexity index is 622. The van der Waals surface area contributed by atoms with Gasteiger partial charge in [-0.05, 0) is 22.4 Å². The molecule has 0 N–H and O–H groups in total. The van der Waals surface area contributed by atoms with Crippen LogP contribution in [0.3, 0.4) is 0 Å². The summed E-state index contributed by atoms with van der Waals surface area (Å²) in [5.74, 6) is 0.588. The van der Waals surface area contributed by atoms with Crippen LogP contribution in [-0.2, 0) is 11.3 Å². The van der Waals surface area contributed by atoms with Gasteiger partial charge in [-0.25, -0.2) is 0 Å². The molecular weight excluding hydrogens is 262 g/mol. The highest BCUT2D eigenvalue weighted by molar-refractivity contribution is 8.23. The second-order valence-corrected chi connectivity index (χ2v) is 5.83. The van der Waals surface area contributed by atoms with Gasteiger partial charge in [-0.2, -0.15) is 0 Å². The minimum absolute atomic E-state index is 0.109. The molecule has 0 saturated carbocycles. The zero-order valence-electron chi connectivity index (χ0n) is 9.63. The number of thioether (sulfide) groups is 1. The first-order chi connectivity index (χ1) is 8.74. The third-order valence-corrected chi connectivity index (χ3v) is 4.43. The van der Waals surface area contributed by atoms with E-state index < -0.39 is 0 Å². The van der Waals surface area contributed by atoms with Gasteiger partial charge in [0.25, 0.3) is 0 Å². The molecule has 3 rings (SSSR count). The van der Waals surface area contributed by atoms with Crippen LogP contribution in [0.15, 0.2) is 42.5 Å². The van der Waals surface area contributed by atoms with Gasteiger partial charge in [0.1, 0.15) is 4.32 Å². The van der Waals surface area contributed by atoms with Gasteiger partial charge in [0.15, 0.2) is 0 Å². The van der Waals surface area contributed by atoms with Gasteiger partial charge < -0.3 is 0 Å². The van der Waals surface area contributed by atoms with Crippen molar-refractivity contribution >= 4 is 45.0 Å². The van der Waals surface area contributed by atoms with Crippen LogP contribution >= 0.6 is 24.0 Å². The second kappa shape index (κ2) is 4.71. The lowest BCUT2D eigenvalue weighted by molar-refractivity contribution is -0.124. The lowest BCUT2D eigenvalue weighted by Crippen LogP contribution is -2.27. The molecule has 2 aromatic rings. The average molecular weight is 273 g/mol. The van der Waals surface area contributed by atoms with Gasteiger partial charge in [-0.15, -0.1) is 0 Å². The van der Waals surface area contributed by atoms with Crippen LogP contribution in [0.5, 0.6) is 0 Å². The molecule has 0 bridgehead atoms. The average Bonchev–Trinajstić information content (AvgIpc) is 2.70. The number of carbonyl (C=O) groups is 1. The van der Waals surface area contributed by atoms with E-state index in [9.17, 15) is 4.79 Å². The van der Waals surface area contributed by atoms with E-state index >= 15 is 0 Å². The Hall–Kier alpha value is -1.39. The molecule has 0 aliphatic carbocycles. The van der Waals surface area contributed by atoms with Crippen LogP contribution in [0.25, 0.3) is 10.8 Å².